The lowest BCUT2D eigenvalue weighted by molar-refractivity contribution is 1.56. The Labute approximate surface area is 59.1 Å². The fourth-order valence-electron chi connectivity index (χ4n) is 0.864. The summed E-state index contributed by atoms with van der Waals surface area (Å²) in [6.07, 6.45) is 0. The average molecular weight is 216 g/mol. The average Bonchev–Trinajstić information content (AvgIpc) is 1.27. The Morgan fingerprint density at radius 3 is 2.14 bits per heavy atom. The van der Waals surface area contributed by atoms with E-state index in [4.69, 9.17) is 11.1 Å². The molecule has 0 atom stereocenters. The van der Waals surface area contributed by atoms with Crippen molar-refractivity contribution < 1.29 is 0 Å². The zero-order valence-electron chi connectivity index (χ0n) is 4.25. The van der Waals surface area contributed by atoms with E-state index >= 15 is 0 Å². The minimum Gasteiger partial charge on any atom is -0.172 e. The van der Waals surface area contributed by atoms with Crippen LogP contribution in [0.5, 0.6) is 0 Å². The van der Waals surface area contributed by atoms with Gasteiger partial charge in [0.25, 0.3) is 0 Å². The van der Waals surface area contributed by atoms with Crippen LogP contribution in [0.3, 0.4) is 0 Å². The summed E-state index contributed by atoms with van der Waals surface area (Å²) in [6, 6.07) is 0. The van der Waals surface area contributed by atoms with Crippen LogP contribution in [0.15, 0.2) is 0 Å². The van der Waals surface area contributed by atoms with Gasteiger partial charge < -0.3 is 0 Å². The van der Waals surface area contributed by atoms with Gasteiger partial charge in [-0.2, -0.15) is 11.1 Å². The maximum atomic E-state index is 5.88. The summed E-state index contributed by atoms with van der Waals surface area (Å²) in [7, 11) is -0.607. The second-order valence-corrected chi connectivity index (χ2v) is 17.3. The maximum Gasteiger partial charge on any atom is 0.137 e. The van der Waals surface area contributed by atoms with Gasteiger partial charge in [0, 0.05) is 0 Å². The van der Waals surface area contributed by atoms with Gasteiger partial charge >= 0.3 is 0 Å². The van der Waals surface area contributed by atoms with Crippen LogP contribution in [0.25, 0.3) is 0 Å². The predicted molar refractivity (Wildman–Crippen MR) is 43.2 cm³/mol. The van der Waals surface area contributed by atoms with Crippen molar-refractivity contribution in [2.45, 2.75) is 17.9 Å². The molecule has 0 aromatic heterocycles. The molecule has 0 nitrogen and oxygen atoms in total. The Morgan fingerprint density at radius 1 is 1.71 bits per heavy atom. The highest BCUT2D eigenvalue weighted by atomic mass is 79.9. The topological polar surface area (TPSA) is 0 Å². The van der Waals surface area contributed by atoms with E-state index in [1.165, 1.54) is 11.3 Å². The van der Waals surface area contributed by atoms with Gasteiger partial charge in [0.05, 0.1) is 0 Å². The van der Waals surface area contributed by atoms with E-state index in [0.29, 0.717) is 0 Å². The minimum absolute atomic E-state index is 0.607. The Morgan fingerprint density at radius 2 is 2.14 bits per heavy atom. The lowest BCUT2D eigenvalue weighted by atomic mass is 11.7. The molecule has 0 radical (unpaired) electrons. The van der Waals surface area contributed by atoms with Crippen molar-refractivity contribution in [2.24, 2.45) is 0 Å². The number of hydrogen-bond acceptors (Lipinski definition) is 0. The SMILES string of the molecule is C[Si]1(Br)C[SiH](Cl)C1. The van der Waals surface area contributed by atoms with Gasteiger partial charge in [-0.3, -0.25) is 0 Å². The van der Waals surface area contributed by atoms with Crippen molar-refractivity contribution in [3.05, 3.63) is 0 Å². The molecule has 0 bridgehead atoms. The third kappa shape index (κ3) is 1.55. The summed E-state index contributed by atoms with van der Waals surface area (Å²) < 4.78 is 0. The summed E-state index contributed by atoms with van der Waals surface area (Å²) >= 11 is 9.57. The van der Waals surface area contributed by atoms with E-state index in [1.54, 1.807) is 0 Å². The first kappa shape index (κ1) is 6.33. The van der Waals surface area contributed by atoms with Crippen molar-refractivity contribution in [1.29, 1.82) is 0 Å². The fourth-order valence-corrected chi connectivity index (χ4v) is 24.3. The maximum absolute atomic E-state index is 5.88. The molecule has 0 N–H and O–H groups in total. The summed E-state index contributed by atoms with van der Waals surface area (Å²) in [5, 5.41) is 0. The first-order valence-corrected chi connectivity index (χ1v) is 11.0. The van der Waals surface area contributed by atoms with Crippen LogP contribution in [0.2, 0.25) is 17.9 Å². The molecule has 0 spiro atoms. The summed E-state index contributed by atoms with van der Waals surface area (Å²) in [5.41, 5.74) is 2.79. The zero-order valence-corrected chi connectivity index (χ0v) is 8.74. The summed E-state index contributed by atoms with van der Waals surface area (Å²) in [6.45, 7) is 1.57. The van der Waals surface area contributed by atoms with Crippen LogP contribution in [0, 0.1) is 0 Å². The normalized spacial score (nSPS) is 51.0. The molecule has 42 valence electrons. The quantitative estimate of drug-likeness (QED) is 0.428. The van der Waals surface area contributed by atoms with Crippen LogP contribution in [-0.4, -0.2) is 14.8 Å². The number of hydrogen-bond donors (Lipinski definition) is 0. The minimum atomic E-state index is -0.771. The van der Waals surface area contributed by atoms with Crippen LogP contribution in [0.1, 0.15) is 0 Å². The van der Waals surface area contributed by atoms with Crippen molar-refractivity contribution in [1.82, 2.24) is 0 Å². The second kappa shape index (κ2) is 1.86. The monoisotopic (exact) mass is 214 g/mol. The highest BCUT2D eigenvalue weighted by Gasteiger charge is 2.40. The number of rotatable bonds is 0. The van der Waals surface area contributed by atoms with Gasteiger partial charge in [-0.05, 0) is 11.3 Å². The molecule has 0 saturated carbocycles. The molecule has 1 aliphatic heterocycles. The van der Waals surface area contributed by atoms with Gasteiger partial charge in [-0.15, -0.1) is 15.3 Å². The van der Waals surface area contributed by atoms with Crippen LogP contribution < -0.4 is 0 Å². The van der Waals surface area contributed by atoms with E-state index in [-0.39, 0.29) is 0 Å². The van der Waals surface area contributed by atoms with E-state index < -0.39 is 14.8 Å². The van der Waals surface area contributed by atoms with Gasteiger partial charge in [0.15, 0.2) is 0 Å². The molecule has 4 heteroatoms. The highest BCUT2D eigenvalue weighted by molar-refractivity contribution is 9.26. The smallest absolute Gasteiger partial charge is 0.137 e. The summed E-state index contributed by atoms with van der Waals surface area (Å²) in [5.74, 6) is 0. The molecule has 0 aromatic rings. The molecule has 1 rings (SSSR count). The van der Waals surface area contributed by atoms with Crippen molar-refractivity contribution in [2.75, 3.05) is 0 Å². The second-order valence-electron chi connectivity index (χ2n) is 2.42. The van der Waals surface area contributed by atoms with Crippen LogP contribution >= 0.6 is 26.4 Å². The molecule has 1 fully saturated rings. The van der Waals surface area contributed by atoms with Gasteiger partial charge in [0.2, 0.25) is 0 Å². The standard InChI is InChI=1S/C3H8BrClSi2/c1-7(4)2-6(5)3-7/h6H,2-3H2,1H3. The molecule has 0 aliphatic carbocycles. The molecule has 0 aromatic carbocycles. The van der Waals surface area contributed by atoms with Gasteiger partial charge in [-0.25, -0.2) is 0 Å². The largest absolute Gasteiger partial charge is 0.172 e. The van der Waals surface area contributed by atoms with Crippen molar-refractivity contribution >= 4 is 41.2 Å². The Bertz CT molecular complexity index is 77.0. The molecule has 1 saturated heterocycles. The van der Waals surface area contributed by atoms with E-state index in [9.17, 15) is 0 Å². The Kier molecular flexibility index (Phi) is 1.68. The molecular weight excluding hydrogens is 208 g/mol. The Balaban J connectivity index is 2.29. The summed E-state index contributed by atoms with van der Waals surface area (Å²) in [4.78, 5) is 0. The first-order chi connectivity index (χ1) is 3.10. The number of halogens is 2. The van der Waals surface area contributed by atoms with Gasteiger partial charge in [0.1, 0.15) is 14.8 Å². The first-order valence-electron chi connectivity index (χ1n) is 2.43. The molecule has 1 heterocycles. The molecule has 1 aliphatic rings. The molecule has 7 heavy (non-hydrogen) atoms. The van der Waals surface area contributed by atoms with Gasteiger partial charge in [-0.1, -0.05) is 6.55 Å². The van der Waals surface area contributed by atoms with Crippen LogP contribution in [-0.2, 0) is 0 Å². The Hall–Kier alpha value is 1.20. The lowest BCUT2D eigenvalue weighted by Gasteiger charge is -2.33. The third-order valence-corrected chi connectivity index (χ3v) is 20.3. The van der Waals surface area contributed by atoms with Crippen LogP contribution in [0.4, 0.5) is 0 Å². The van der Waals surface area contributed by atoms with E-state index in [0.717, 1.165) is 0 Å². The van der Waals surface area contributed by atoms with Crippen molar-refractivity contribution in [3.8, 4) is 0 Å². The zero-order chi connectivity index (χ0) is 5.49. The lowest BCUT2D eigenvalue weighted by Crippen LogP contribution is -2.42. The molecule has 0 unspecified atom stereocenters. The van der Waals surface area contributed by atoms with Crippen molar-refractivity contribution in [3.63, 3.8) is 0 Å². The molecule has 0 amide bonds. The molecular formula is C3H8BrClSi2. The fraction of sp³-hybridized carbons (Fsp3) is 1.00. The van der Waals surface area contributed by atoms with E-state index in [1.807, 2.05) is 0 Å². The predicted octanol–water partition coefficient (Wildman–Crippen LogP) is 2.01. The van der Waals surface area contributed by atoms with E-state index in [2.05, 4.69) is 21.8 Å². The highest BCUT2D eigenvalue weighted by Crippen LogP contribution is 2.37. The third-order valence-electron chi connectivity index (χ3n) is 1.29.